The Morgan fingerprint density at radius 1 is 1.53 bits per heavy atom. The maximum Gasteiger partial charge on any atom is 0.173 e. The lowest BCUT2D eigenvalue weighted by Gasteiger charge is -2.39. The Balaban J connectivity index is 2.42. The maximum absolute atomic E-state index is 10.2. The van der Waals surface area contributed by atoms with Crippen LogP contribution >= 0.6 is 11.6 Å². The molecule has 19 heavy (non-hydrogen) atoms. The predicted molar refractivity (Wildman–Crippen MR) is 76.0 cm³/mol. The smallest absolute Gasteiger partial charge is 0.173 e. The molecule has 104 valence electrons. The number of nitrogens with two attached hydrogens (primary N) is 1. The summed E-state index contributed by atoms with van der Waals surface area (Å²) < 4.78 is 0. The number of rotatable bonds is 2. The second-order valence-corrected chi connectivity index (χ2v) is 5.55. The minimum atomic E-state index is -0.733. The molecule has 2 rings (SSSR count). The van der Waals surface area contributed by atoms with Crippen LogP contribution in [0.5, 0.6) is 0 Å². The third-order valence-electron chi connectivity index (χ3n) is 3.37. The molecule has 0 amide bonds. The minimum Gasteiger partial charge on any atom is -0.409 e. The summed E-state index contributed by atoms with van der Waals surface area (Å²) >= 11 is 6.13. The highest BCUT2D eigenvalue weighted by atomic mass is 35.5. The molecule has 1 heterocycles. The van der Waals surface area contributed by atoms with Gasteiger partial charge in [-0.15, -0.1) is 0 Å². The molecule has 4 N–H and O–H groups in total. The van der Waals surface area contributed by atoms with Crippen LogP contribution in [-0.4, -0.2) is 34.8 Å². The molecule has 1 aromatic rings. The summed E-state index contributed by atoms with van der Waals surface area (Å²) in [5, 5.41) is 22.5. The van der Waals surface area contributed by atoms with Gasteiger partial charge in [0.15, 0.2) is 5.84 Å². The SMILES string of the molecule is CC1(O)CCCN(c2cccc(Cl)c2/C(N)=N/O)C1. The zero-order valence-corrected chi connectivity index (χ0v) is 11.6. The Hall–Kier alpha value is -1.46. The van der Waals surface area contributed by atoms with E-state index in [1.165, 1.54) is 0 Å². The van der Waals surface area contributed by atoms with Gasteiger partial charge < -0.3 is 20.9 Å². The van der Waals surface area contributed by atoms with E-state index < -0.39 is 5.60 Å². The average Bonchev–Trinajstić information content (AvgIpc) is 2.36. The quantitative estimate of drug-likeness (QED) is 0.334. The first-order valence-corrected chi connectivity index (χ1v) is 6.56. The maximum atomic E-state index is 10.2. The molecule has 0 radical (unpaired) electrons. The second-order valence-electron chi connectivity index (χ2n) is 5.14. The Kier molecular flexibility index (Phi) is 3.87. The fourth-order valence-electron chi connectivity index (χ4n) is 2.51. The van der Waals surface area contributed by atoms with E-state index in [1.54, 1.807) is 6.07 Å². The molecule has 5 nitrogen and oxygen atoms in total. The Bertz CT molecular complexity index is 503. The van der Waals surface area contributed by atoms with Crippen LogP contribution in [0.15, 0.2) is 23.4 Å². The zero-order chi connectivity index (χ0) is 14.0. The van der Waals surface area contributed by atoms with Crippen molar-refractivity contribution in [3.63, 3.8) is 0 Å². The van der Waals surface area contributed by atoms with Gasteiger partial charge >= 0.3 is 0 Å². The first-order valence-electron chi connectivity index (χ1n) is 6.18. The summed E-state index contributed by atoms with van der Waals surface area (Å²) in [5.41, 5.74) is 6.25. The number of oxime groups is 1. The highest BCUT2D eigenvalue weighted by molar-refractivity contribution is 6.34. The molecular weight excluding hydrogens is 266 g/mol. The van der Waals surface area contributed by atoms with Gasteiger partial charge in [-0.3, -0.25) is 0 Å². The van der Waals surface area contributed by atoms with E-state index in [0.29, 0.717) is 17.1 Å². The first-order chi connectivity index (χ1) is 8.94. The van der Waals surface area contributed by atoms with E-state index in [9.17, 15) is 5.11 Å². The molecular formula is C13H18ClN3O2. The van der Waals surface area contributed by atoms with Crippen LogP contribution in [0.1, 0.15) is 25.3 Å². The summed E-state index contributed by atoms with van der Waals surface area (Å²) in [4.78, 5) is 2.02. The van der Waals surface area contributed by atoms with Crippen LogP contribution in [0.4, 0.5) is 5.69 Å². The van der Waals surface area contributed by atoms with Gasteiger partial charge in [0.1, 0.15) is 0 Å². The van der Waals surface area contributed by atoms with Crippen molar-refractivity contribution in [3.05, 3.63) is 28.8 Å². The summed E-state index contributed by atoms with van der Waals surface area (Å²) in [5.74, 6) is -0.0224. The van der Waals surface area contributed by atoms with Gasteiger partial charge in [0.2, 0.25) is 0 Å². The van der Waals surface area contributed by atoms with Crippen molar-refractivity contribution in [1.82, 2.24) is 0 Å². The summed E-state index contributed by atoms with van der Waals surface area (Å²) in [6.07, 6.45) is 1.65. The fraction of sp³-hybridized carbons (Fsp3) is 0.462. The largest absolute Gasteiger partial charge is 0.409 e. The van der Waals surface area contributed by atoms with Crippen LogP contribution in [-0.2, 0) is 0 Å². The number of anilines is 1. The van der Waals surface area contributed by atoms with Gasteiger partial charge in [-0.1, -0.05) is 22.8 Å². The fourth-order valence-corrected chi connectivity index (χ4v) is 2.77. The summed E-state index contributed by atoms with van der Waals surface area (Å²) in [6.45, 7) is 3.12. The molecule has 1 unspecified atom stereocenters. The lowest BCUT2D eigenvalue weighted by molar-refractivity contribution is 0.0449. The Morgan fingerprint density at radius 2 is 2.26 bits per heavy atom. The molecule has 1 aliphatic heterocycles. The lowest BCUT2D eigenvalue weighted by atomic mass is 9.94. The summed E-state index contributed by atoms with van der Waals surface area (Å²) in [6, 6.07) is 5.37. The number of β-amino-alcohol motifs (C(OH)–C–C–N with tert-alkyl or cyclic N) is 1. The molecule has 6 heteroatoms. The highest BCUT2D eigenvalue weighted by Gasteiger charge is 2.30. The summed E-state index contributed by atoms with van der Waals surface area (Å²) in [7, 11) is 0. The normalized spacial score (nSPS) is 24.6. The molecule has 1 fully saturated rings. The van der Waals surface area contributed by atoms with E-state index >= 15 is 0 Å². The number of piperidine rings is 1. The number of hydrogen-bond donors (Lipinski definition) is 3. The van der Waals surface area contributed by atoms with E-state index in [1.807, 2.05) is 24.0 Å². The van der Waals surface area contributed by atoms with E-state index in [4.69, 9.17) is 22.5 Å². The highest BCUT2D eigenvalue weighted by Crippen LogP contribution is 2.31. The third-order valence-corrected chi connectivity index (χ3v) is 3.69. The lowest BCUT2D eigenvalue weighted by Crippen LogP contribution is -2.46. The van der Waals surface area contributed by atoms with E-state index in [2.05, 4.69) is 5.16 Å². The molecule has 1 aliphatic rings. The van der Waals surface area contributed by atoms with Crippen LogP contribution in [0, 0.1) is 0 Å². The molecule has 0 bridgehead atoms. The molecule has 1 saturated heterocycles. The topological polar surface area (TPSA) is 82.1 Å². The van der Waals surface area contributed by atoms with Crippen molar-refractivity contribution in [1.29, 1.82) is 0 Å². The van der Waals surface area contributed by atoms with Crippen molar-refractivity contribution in [2.45, 2.75) is 25.4 Å². The number of nitrogens with zero attached hydrogens (tertiary/aromatic N) is 2. The van der Waals surface area contributed by atoms with E-state index in [-0.39, 0.29) is 5.84 Å². The van der Waals surface area contributed by atoms with Gasteiger partial charge in [-0.25, -0.2) is 0 Å². The molecule has 0 spiro atoms. The first kappa shape index (κ1) is 14.0. The van der Waals surface area contributed by atoms with Gasteiger partial charge in [0, 0.05) is 18.8 Å². The molecule has 1 atom stereocenters. The van der Waals surface area contributed by atoms with Crippen molar-refractivity contribution < 1.29 is 10.3 Å². The Labute approximate surface area is 117 Å². The molecule has 0 aromatic heterocycles. The number of aliphatic hydroxyl groups is 1. The molecule has 0 aliphatic carbocycles. The minimum absolute atomic E-state index is 0.0224. The van der Waals surface area contributed by atoms with E-state index in [0.717, 1.165) is 25.1 Å². The second kappa shape index (κ2) is 5.27. The monoisotopic (exact) mass is 283 g/mol. The number of halogens is 1. The Morgan fingerprint density at radius 3 is 2.89 bits per heavy atom. The van der Waals surface area contributed by atoms with Crippen LogP contribution in [0.3, 0.4) is 0 Å². The van der Waals surface area contributed by atoms with Crippen LogP contribution in [0.2, 0.25) is 5.02 Å². The molecule has 1 aromatic carbocycles. The van der Waals surface area contributed by atoms with Gasteiger partial charge in [0.05, 0.1) is 16.2 Å². The number of hydrogen-bond acceptors (Lipinski definition) is 4. The zero-order valence-electron chi connectivity index (χ0n) is 10.8. The predicted octanol–water partition coefficient (Wildman–Crippen LogP) is 1.79. The van der Waals surface area contributed by atoms with Crippen molar-refractivity contribution in [3.8, 4) is 0 Å². The van der Waals surface area contributed by atoms with Gasteiger partial charge in [-0.2, -0.15) is 0 Å². The number of benzene rings is 1. The van der Waals surface area contributed by atoms with Crippen molar-refractivity contribution in [2.24, 2.45) is 10.9 Å². The van der Waals surface area contributed by atoms with Crippen LogP contribution in [0.25, 0.3) is 0 Å². The van der Waals surface area contributed by atoms with Crippen LogP contribution < -0.4 is 10.6 Å². The molecule has 0 saturated carbocycles. The van der Waals surface area contributed by atoms with Gasteiger partial charge in [0.25, 0.3) is 0 Å². The standard InChI is InChI=1S/C13H18ClN3O2/c1-13(18)6-3-7-17(8-13)10-5-2-4-9(14)11(10)12(15)16-19/h2,4-5,18-19H,3,6-8H2,1H3,(H2,15,16). The van der Waals surface area contributed by atoms with Crippen molar-refractivity contribution in [2.75, 3.05) is 18.0 Å². The average molecular weight is 284 g/mol. The number of amidine groups is 1. The third kappa shape index (κ3) is 2.93. The van der Waals surface area contributed by atoms with Crippen molar-refractivity contribution >= 4 is 23.1 Å². The van der Waals surface area contributed by atoms with Gasteiger partial charge in [-0.05, 0) is 31.9 Å².